The molecule has 0 atom stereocenters. The van der Waals surface area contributed by atoms with Gasteiger partial charge in [0.15, 0.2) is 11.5 Å². The summed E-state index contributed by atoms with van der Waals surface area (Å²) in [6, 6.07) is 4.58. The number of amides is 2. The second-order valence-corrected chi connectivity index (χ2v) is 4.43. The third kappa shape index (κ3) is 5.68. The molecule has 0 saturated heterocycles. The van der Waals surface area contributed by atoms with Gasteiger partial charge in [-0.25, -0.2) is 0 Å². The van der Waals surface area contributed by atoms with Crippen molar-refractivity contribution < 1.29 is 32.2 Å². The second kappa shape index (κ2) is 8.25. The number of rotatable bonds is 7. The van der Waals surface area contributed by atoms with Crippen molar-refractivity contribution >= 4 is 11.8 Å². The molecule has 0 radical (unpaired) electrons. The topological polar surface area (TPSA) is 76.7 Å². The number of nitrogens with one attached hydrogen (secondary N) is 2. The van der Waals surface area contributed by atoms with Crippen LogP contribution in [0.15, 0.2) is 18.2 Å². The highest BCUT2D eigenvalue weighted by Gasteiger charge is 2.38. The lowest BCUT2D eigenvalue weighted by molar-refractivity contribution is -0.173. The molecule has 0 heterocycles. The third-order valence-electron chi connectivity index (χ3n) is 2.83. The first-order chi connectivity index (χ1) is 10.8. The maximum Gasteiger partial charge on any atom is 0.471 e. The number of alkyl halides is 3. The van der Waals surface area contributed by atoms with E-state index in [4.69, 9.17) is 9.47 Å². The smallest absolute Gasteiger partial charge is 0.471 e. The summed E-state index contributed by atoms with van der Waals surface area (Å²) >= 11 is 0. The van der Waals surface area contributed by atoms with Crippen molar-refractivity contribution in [1.82, 2.24) is 10.6 Å². The zero-order valence-corrected chi connectivity index (χ0v) is 12.6. The van der Waals surface area contributed by atoms with Gasteiger partial charge in [-0.3, -0.25) is 9.59 Å². The quantitative estimate of drug-likeness (QED) is 0.741. The Labute approximate surface area is 130 Å². The van der Waals surface area contributed by atoms with Crippen LogP contribution >= 0.6 is 0 Å². The van der Waals surface area contributed by atoms with E-state index in [9.17, 15) is 22.8 Å². The highest BCUT2D eigenvalue weighted by atomic mass is 19.4. The molecular formula is C14H17F3N2O4. The lowest BCUT2D eigenvalue weighted by Gasteiger charge is -2.10. The van der Waals surface area contributed by atoms with Gasteiger partial charge in [0.25, 0.3) is 5.91 Å². The normalized spacial score (nSPS) is 10.8. The molecule has 0 aliphatic rings. The van der Waals surface area contributed by atoms with Gasteiger partial charge in [-0.2, -0.15) is 13.2 Å². The van der Waals surface area contributed by atoms with Crippen molar-refractivity contribution in [3.8, 4) is 11.5 Å². The highest BCUT2D eigenvalue weighted by Crippen LogP contribution is 2.27. The Morgan fingerprint density at radius 1 is 1.04 bits per heavy atom. The van der Waals surface area contributed by atoms with Crippen LogP contribution in [0, 0.1) is 0 Å². The second-order valence-electron chi connectivity index (χ2n) is 4.43. The van der Waals surface area contributed by atoms with Gasteiger partial charge in [-0.1, -0.05) is 0 Å². The molecule has 1 rings (SSSR count). The maximum absolute atomic E-state index is 11.9. The maximum atomic E-state index is 11.9. The molecule has 0 bridgehead atoms. The first-order valence-electron chi connectivity index (χ1n) is 6.65. The van der Waals surface area contributed by atoms with Crippen LogP contribution in [-0.4, -0.2) is 45.3 Å². The molecule has 0 unspecified atom stereocenters. The first-order valence-corrected chi connectivity index (χ1v) is 6.65. The number of ether oxygens (including phenoxy) is 2. The van der Waals surface area contributed by atoms with Gasteiger partial charge in [0, 0.05) is 18.7 Å². The Morgan fingerprint density at radius 2 is 1.65 bits per heavy atom. The van der Waals surface area contributed by atoms with Gasteiger partial charge in [0.2, 0.25) is 0 Å². The molecule has 0 aromatic heterocycles. The number of halogens is 3. The summed E-state index contributed by atoms with van der Waals surface area (Å²) in [6.45, 7) is -0.0735. The molecule has 0 fully saturated rings. The van der Waals surface area contributed by atoms with Crippen molar-refractivity contribution in [3.63, 3.8) is 0 Å². The van der Waals surface area contributed by atoms with E-state index in [1.807, 2.05) is 0 Å². The van der Waals surface area contributed by atoms with E-state index in [1.165, 1.54) is 26.4 Å². The molecule has 9 heteroatoms. The number of carbonyl (C=O) groups is 2. The molecule has 1 aromatic carbocycles. The standard InChI is InChI=1S/C14H17F3N2O4/c1-22-10-5-4-9(8-11(10)23-2)12(20)18-6-3-7-19-13(21)14(15,16)17/h4-5,8H,3,6-7H2,1-2H3,(H,18,20)(H,19,21). The van der Waals surface area contributed by atoms with Crippen LogP contribution in [-0.2, 0) is 4.79 Å². The summed E-state index contributed by atoms with van der Waals surface area (Å²) in [6.07, 6.45) is -4.73. The molecule has 0 aliphatic heterocycles. The van der Waals surface area contributed by atoms with E-state index in [1.54, 1.807) is 11.4 Å². The average molecular weight is 334 g/mol. The number of hydrogen-bond acceptors (Lipinski definition) is 4. The van der Waals surface area contributed by atoms with Crippen LogP contribution in [0.3, 0.4) is 0 Å². The van der Waals surface area contributed by atoms with E-state index < -0.39 is 18.0 Å². The molecule has 6 nitrogen and oxygen atoms in total. The van der Waals surface area contributed by atoms with Crippen molar-refractivity contribution in [2.75, 3.05) is 27.3 Å². The van der Waals surface area contributed by atoms with Crippen LogP contribution in [0.25, 0.3) is 0 Å². The number of benzene rings is 1. The Bertz CT molecular complexity index is 561. The SMILES string of the molecule is COc1ccc(C(=O)NCCCNC(=O)C(F)(F)F)cc1OC. The van der Waals surface area contributed by atoms with Gasteiger partial charge >= 0.3 is 12.1 Å². The minimum absolute atomic E-state index is 0.116. The van der Waals surface area contributed by atoms with E-state index in [0.29, 0.717) is 17.1 Å². The predicted octanol–water partition coefficient (Wildman–Crippen LogP) is 1.50. The largest absolute Gasteiger partial charge is 0.493 e. The summed E-state index contributed by atoms with van der Waals surface area (Å²) < 4.78 is 45.9. The van der Waals surface area contributed by atoms with Crippen LogP contribution < -0.4 is 20.1 Å². The van der Waals surface area contributed by atoms with Crippen molar-refractivity contribution in [3.05, 3.63) is 23.8 Å². The van der Waals surface area contributed by atoms with Crippen molar-refractivity contribution in [2.45, 2.75) is 12.6 Å². The first kappa shape index (κ1) is 18.6. The van der Waals surface area contributed by atoms with Gasteiger partial charge in [-0.05, 0) is 24.6 Å². The lowest BCUT2D eigenvalue weighted by atomic mass is 10.2. The van der Waals surface area contributed by atoms with Crippen LogP contribution in [0.5, 0.6) is 11.5 Å². The van der Waals surface area contributed by atoms with Gasteiger partial charge in [0.1, 0.15) is 0 Å². The average Bonchev–Trinajstić information content (AvgIpc) is 2.52. The van der Waals surface area contributed by atoms with Crippen LogP contribution in [0.2, 0.25) is 0 Å². The van der Waals surface area contributed by atoms with Gasteiger partial charge in [0.05, 0.1) is 14.2 Å². The van der Waals surface area contributed by atoms with Crippen molar-refractivity contribution in [2.24, 2.45) is 0 Å². The molecule has 0 spiro atoms. The number of methoxy groups -OCH3 is 2. The summed E-state index contributed by atoms with van der Waals surface area (Å²) in [5.74, 6) is -1.55. The predicted molar refractivity (Wildman–Crippen MR) is 75.6 cm³/mol. The number of hydrogen-bond donors (Lipinski definition) is 2. The minimum Gasteiger partial charge on any atom is -0.493 e. The Balaban J connectivity index is 2.41. The van der Waals surface area contributed by atoms with E-state index in [-0.39, 0.29) is 19.5 Å². The molecule has 1 aromatic rings. The Kier molecular flexibility index (Phi) is 6.67. The molecule has 2 amide bonds. The monoisotopic (exact) mass is 334 g/mol. The summed E-state index contributed by atoms with van der Waals surface area (Å²) in [5.41, 5.74) is 0.321. The fourth-order valence-corrected chi connectivity index (χ4v) is 1.67. The molecule has 0 aliphatic carbocycles. The van der Waals surface area contributed by atoms with E-state index in [2.05, 4.69) is 5.32 Å². The summed E-state index contributed by atoms with van der Waals surface area (Å²) in [5, 5.41) is 4.25. The lowest BCUT2D eigenvalue weighted by Crippen LogP contribution is -2.38. The Morgan fingerprint density at radius 3 is 2.22 bits per heavy atom. The molecule has 0 saturated carbocycles. The molecule has 2 N–H and O–H groups in total. The Hall–Kier alpha value is -2.45. The zero-order valence-electron chi connectivity index (χ0n) is 12.6. The van der Waals surface area contributed by atoms with Crippen LogP contribution in [0.4, 0.5) is 13.2 Å². The fraction of sp³-hybridized carbons (Fsp3) is 0.429. The third-order valence-corrected chi connectivity index (χ3v) is 2.83. The van der Waals surface area contributed by atoms with E-state index in [0.717, 1.165) is 0 Å². The number of carbonyl (C=O) groups excluding carboxylic acids is 2. The molecule has 128 valence electrons. The minimum atomic E-state index is -4.90. The van der Waals surface area contributed by atoms with Crippen molar-refractivity contribution in [1.29, 1.82) is 0 Å². The zero-order chi connectivity index (χ0) is 17.5. The fourth-order valence-electron chi connectivity index (χ4n) is 1.67. The molecular weight excluding hydrogens is 317 g/mol. The molecule has 23 heavy (non-hydrogen) atoms. The summed E-state index contributed by atoms with van der Waals surface area (Å²) in [4.78, 5) is 22.5. The van der Waals surface area contributed by atoms with Gasteiger partial charge in [-0.15, -0.1) is 0 Å². The van der Waals surface area contributed by atoms with Crippen LogP contribution in [0.1, 0.15) is 16.8 Å². The van der Waals surface area contributed by atoms with E-state index >= 15 is 0 Å². The highest BCUT2D eigenvalue weighted by molar-refractivity contribution is 5.94. The van der Waals surface area contributed by atoms with Gasteiger partial charge < -0.3 is 20.1 Å². The summed E-state index contributed by atoms with van der Waals surface area (Å²) in [7, 11) is 2.90.